The van der Waals surface area contributed by atoms with Gasteiger partial charge in [0.05, 0.1) is 10.0 Å². The van der Waals surface area contributed by atoms with Gasteiger partial charge >= 0.3 is 5.97 Å². The van der Waals surface area contributed by atoms with Crippen LogP contribution in [0.15, 0.2) is 48.5 Å². The van der Waals surface area contributed by atoms with Crippen molar-refractivity contribution in [2.24, 2.45) is 5.92 Å². The summed E-state index contributed by atoms with van der Waals surface area (Å²) in [6.07, 6.45) is 0.792. The lowest BCUT2D eigenvalue weighted by molar-refractivity contribution is -0.144. The van der Waals surface area contributed by atoms with Crippen LogP contribution in [0, 0.1) is 5.92 Å². The van der Waals surface area contributed by atoms with Crippen molar-refractivity contribution in [1.29, 1.82) is 0 Å². The third kappa shape index (κ3) is 4.04. The Kier molecular flexibility index (Phi) is 6.20. The molecule has 2 aromatic rings. The van der Waals surface area contributed by atoms with Gasteiger partial charge < -0.3 is 10.2 Å². The van der Waals surface area contributed by atoms with E-state index < -0.39 is 12.0 Å². The molecular weight excluding hydrogens is 373 g/mol. The highest BCUT2D eigenvalue weighted by Gasteiger charge is 2.36. The lowest BCUT2D eigenvalue weighted by atomic mass is 9.80. The van der Waals surface area contributed by atoms with Crippen LogP contribution < -0.4 is 0 Å². The molecule has 0 aliphatic carbocycles. The molecule has 2 N–H and O–H groups in total. The van der Waals surface area contributed by atoms with Crippen molar-refractivity contribution in [2.75, 3.05) is 19.7 Å². The molecule has 1 saturated heterocycles. The number of likely N-dealkylation sites (tertiary alicyclic amines) is 1. The van der Waals surface area contributed by atoms with Gasteiger partial charge in [0, 0.05) is 19.1 Å². The number of hydrogen-bond donors (Lipinski definition) is 2. The van der Waals surface area contributed by atoms with Crippen LogP contribution in [0.25, 0.3) is 0 Å². The Morgan fingerprint density at radius 3 is 2.50 bits per heavy atom. The number of carboxylic acid groups (broad SMARTS) is 1. The monoisotopic (exact) mass is 393 g/mol. The minimum absolute atomic E-state index is 0.0176. The van der Waals surface area contributed by atoms with Crippen LogP contribution in [0.4, 0.5) is 0 Å². The lowest BCUT2D eigenvalue weighted by Gasteiger charge is -2.40. The van der Waals surface area contributed by atoms with Crippen LogP contribution in [0.1, 0.15) is 29.5 Å². The summed E-state index contributed by atoms with van der Waals surface area (Å²) in [6, 6.07) is 14.2. The standard InChI is InChI=1S/C20H21Cl2NO3/c21-17-7-6-14(10-18(17)22)19(20(25)26)23-9-8-16(15(11-23)12-24)13-4-2-1-3-5-13/h1-7,10,15-16,19,24H,8-9,11-12H2,(H,25,26)/t15-,16+,19?/m0/s1. The number of carboxylic acids is 1. The number of piperidine rings is 1. The van der Waals surface area contributed by atoms with E-state index in [2.05, 4.69) is 12.1 Å². The highest BCUT2D eigenvalue weighted by Crippen LogP contribution is 2.37. The fourth-order valence-corrected chi connectivity index (χ4v) is 4.12. The van der Waals surface area contributed by atoms with Crippen LogP contribution in [0.3, 0.4) is 0 Å². The summed E-state index contributed by atoms with van der Waals surface area (Å²) < 4.78 is 0. The SMILES string of the molecule is O=C(O)C(c1ccc(Cl)c(Cl)c1)N1CC[C@H](c2ccccc2)[C@H](CO)C1. The molecule has 0 bridgehead atoms. The molecule has 1 aliphatic rings. The van der Waals surface area contributed by atoms with Gasteiger partial charge in [-0.25, -0.2) is 0 Å². The van der Waals surface area contributed by atoms with Crippen molar-refractivity contribution in [3.8, 4) is 0 Å². The molecule has 3 rings (SSSR count). The van der Waals surface area contributed by atoms with Gasteiger partial charge in [0.2, 0.25) is 0 Å². The summed E-state index contributed by atoms with van der Waals surface area (Å²) in [6.45, 7) is 1.16. The predicted octanol–water partition coefficient (Wildman–Crippen LogP) is 4.22. The summed E-state index contributed by atoms with van der Waals surface area (Å²) in [7, 11) is 0. The van der Waals surface area contributed by atoms with E-state index in [-0.39, 0.29) is 18.4 Å². The highest BCUT2D eigenvalue weighted by atomic mass is 35.5. The second kappa shape index (κ2) is 8.40. The summed E-state index contributed by atoms with van der Waals surface area (Å²) >= 11 is 12.0. The van der Waals surface area contributed by atoms with Crippen LogP contribution >= 0.6 is 23.2 Å². The molecular formula is C20H21Cl2NO3. The molecule has 1 aliphatic heterocycles. The first-order chi connectivity index (χ1) is 12.5. The molecule has 138 valence electrons. The van der Waals surface area contributed by atoms with E-state index in [1.165, 1.54) is 5.56 Å². The Bertz CT molecular complexity index is 769. The van der Waals surface area contributed by atoms with E-state index in [1.807, 2.05) is 23.1 Å². The normalized spacial score (nSPS) is 22.1. The molecule has 1 heterocycles. The molecule has 3 atom stereocenters. The van der Waals surface area contributed by atoms with Crippen molar-refractivity contribution in [1.82, 2.24) is 4.90 Å². The Labute approximate surface area is 163 Å². The topological polar surface area (TPSA) is 60.8 Å². The first-order valence-corrected chi connectivity index (χ1v) is 9.34. The van der Waals surface area contributed by atoms with Crippen LogP contribution in [0.5, 0.6) is 0 Å². The summed E-state index contributed by atoms with van der Waals surface area (Å²) in [5.74, 6) is -0.727. The summed E-state index contributed by atoms with van der Waals surface area (Å²) in [5, 5.41) is 20.4. The number of aliphatic carboxylic acids is 1. The Morgan fingerprint density at radius 2 is 1.88 bits per heavy atom. The van der Waals surface area contributed by atoms with Gasteiger partial charge in [0.1, 0.15) is 6.04 Å². The average Bonchev–Trinajstić information content (AvgIpc) is 2.65. The number of carbonyl (C=O) groups is 1. The minimum atomic E-state index is -0.932. The second-order valence-corrected chi connectivity index (χ2v) is 7.47. The number of benzene rings is 2. The third-order valence-corrected chi connectivity index (χ3v) is 5.83. The Morgan fingerprint density at radius 1 is 1.15 bits per heavy atom. The van der Waals surface area contributed by atoms with E-state index in [9.17, 15) is 15.0 Å². The maximum atomic E-state index is 12.0. The molecule has 1 unspecified atom stereocenters. The largest absolute Gasteiger partial charge is 0.480 e. The first kappa shape index (κ1) is 19.2. The number of hydrogen-bond acceptors (Lipinski definition) is 3. The van der Waals surface area contributed by atoms with Crippen LogP contribution in [-0.4, -0.2) is 40.8 Å². The van der Waals surface area contributed by atoms with E-state index in [0.717, 1.165) is 6.42 Å². The van der Waals surface area contributed by atoms with Crippen molar-refractivity contribution in [2.45, 2.75) is 18.4 Å². The lowest BCUT2D eigenvalue weighted by Crippen LogP contribution is -2.45. The fraction of sp³-hybridized carbons (Fsp3) is 0.350. The van der Waals surface area contributed by atoms with Crippen molar-refractivity contribution >= 4 is 29.2 Å². The minimum Gasteiger partial charge on any atom is -0.480 e. The van der Waals surface area contributed by atoms with Gasteiger partial charge in [-0.2, -0.15) is 0 Å². The average molecular weight is 394 g/mol. The zero-order valence-electron chi connectivity index (χ0n) is 14.2. The molecule has 0 saturated carbocycles. The quantitative estimate of drug-likeness (QED) is 0.798. The number of nitrogens with zero attached hydrogens (tertiary/aromatic N) is 1. The van der Waals surface area contributed by atoms with E-state index in [1.54, 1.807) is 18.2 Å². The van der Waals surface area contributed by atoms with Crippen LogP contribution in [0.2, 0.25) is 10.0 Å². The fourth-order valence-electron chi connectivity index (χ4n) is 3.81. The number of aliphatic hydroxyl groups excluding tert-OH is 1. The zero-order valence-corrected chi connectivity index (χ0v) is 15.7. The van der Waals surface area contributed by atoms with Gasteiger partial charge in [-0.15, -0.1) is 0 Å². The number of halogens is 2. The smallest absolute Gasteiger partial charge is 0.325 e. The molecule has 6 heteroatoms. The molecule has 4 nitrogen and oxygen atoms in total. The molecule has 1 fully saturated rings. The summed E-state index contributed by atoms with van der Waals surface area (Å²) in [4.78, 5) is 13.9. The first-order valence-electron chi connectivity index (χ1n) is 8.59. The maximum absolute atomic E-state index is 12.0. The number of aliphatic hydroxyl groups is 1. The van der Waals surface area contributed by atoms with Crippen LogP contribution in [-0.2, 0) is 4.79 Å². The Hall–Kier alpha value is -1.59. The second-order valence-electron chi connectivity index (χ2n) is 6.66. The Balaban J connectivity index is 1.84. The molecule has 0 amide bonds. The zero-order chi connectivity index (χ0) is 18.7. The van der Waals surface area contributed by atoms with Crippen molar-refractivity contribution in [3.05, 3.63) is 69.7 Å². The van der Waals surface area contributed by atoms with Gasteiger partial charge in [-0.3, -0.25) is 9.69 Å². The molecule has 0 aromatic heterocycles. The number of rotatable bonds is 5. The van der Waals surface area contributed by atoms with Crippen molar-refractivity contribution < 1.29 is 15.0 Å². The maximum Gasteiger partial charge on any atom is 0.325 e. The summed E-state index contributed by atoms with van der Waals surface area (Å²) in [5.41, 5.74) is 1.79. The third-order valence-electron chi connectivity index (χ3n) is 5.09. The molecule has 0 spiro atoms. The van der Waals surface area contributed by atoms with Crippen molar-refractivity contribution in [3.63, 3.8) is 0 Å². The molecule has 26 heavy (non-hydrogen) atoms. The molecule has 0 radical (unpaired) electrons. The van der Waals surface area contributed by atoms with Gasteiger partial charge in [0.15, 0.2) is 0 Å². The predicted molar refractivity (Wildman–Crippen MR) is 103 cm³/mol. The van der Waals surface area contributed by atoms with Gasteiger partial charge in [-0.05, 0) is 42.1 Å². The van der Waals surface area contributed by atoms with E-state index in [4.69, 9.17) is 23.2 Å². The van der Waals surface area contributed by atoms with E-state index in [0.29, 0.717) is 28.7 Å². The van der Waals surface area contributed by atoms with Gasteiger partial charge in [-0.1, -0.05) is 59.6 Å². The van der Waals surface area contributed by atoms with E-state index >= 15 is 0 Å². The molecule has 2 aromatic carbocycles. The van der Waals surface area contributed by atoms with Gasteiger partial charge in [0.25, 0.3) is 0 Å². The highest BCUT2D eigenvalue weighted by molar-refractivity contribution is 6.42.